The molecule has 0 amide bonds. The number of hydrogen-bond donors (Lipinski definition) is 1. The minimum Gasteiger partial charge on any atom is -0.452 e. The fourth-order valence-corrected chi connectivity index (χ4v) is 0.774. The van der Waals surface area contributed by atoms with Gasteiger partial charge in [-0.25, -0.2) is 4.98 Å². The van der Waals surface area contributed by atoms with Gasteiger partial charge in [0, 0.05) is 12.4 Å². The van der Waals surface area contributed by atoms with E-state index in [0.29, 0.717) is 5.82 Å². The molecule has 2 rings (SSSR count). The second-order valence-electron chi connectivity index (χ2n) is 1.85. The van der Waals surface area contributed by atoms with Crippen LogP contribution in [0.5, 0.6) is 0 Å². The predicted molar refractivity (Wildman–Crippen MR) is 32.6 cm³/mol. The zero-order chi connectivity index (χ0) is 6.81. The topological polar surface area (TPSA) is 47.1 Å². The Morgan fingerprint density at radius 3 is 2.80 bits per heavy atom. The van der Waals surface area contributed by atoms with Crippen molar-refractivity contribution in [1.82, 2.24) is 9.97 Å². The van der Waals surface area contributed by atoms with Crippen molar-refractivity contribution in [3.8, 4) is 0 Å². The molecule has 0 aromatic carbocycles. The molecule has 0 saturated heterocycles. The lowest BCUT2D eigenvalue weighted by atomic mass is 10.6. The summed E-state index contributed by atoms with van der Waals surface area (Å²) < 4.78 is 10.0. The van der Waals surface area contributed by atoms with Crippen molar-refractivity contribution >= 4 is 0 Å². The minimum absolute atomic E-state index is 0.380. The van der Waals surface area contributed by atoms with Crippen LogP contribution in [-0.4, -0.2) is 9.97 Å². The number of H-pyrrole nitrogens is 1. The van der Waals surface area contributed by atoms with E-state index in [1.165, 1.54) is 12.5 Å². The van der Waals surface area contributed by atoms with Crippen LogP contribution in [0.4, 0.5) is 0 Å². The number of imidazole rings is 1. The lowest BCUT2D eigenvalue weighted by Crippen LogP contribution is -1.99. The van der Waals surface area contributed by atoms with E-state index in [2.05, 4.69) is 9.97 Å². The van der Waals surface area contributed by atoms with Crippen molar-refractivity contribution in [2.45, 2.75) is 6.29 Å². The fourth-order valence-electron chi connectivity index (χ4n) is 0.774. The van der Waals surface area contributed by atoms with Gasteiger partial charge in [0.2, 0.25) is 0 Å². The van der Waals surface area contributed by atoms with Crippen molar-refractivity contribution in [2.24, 2.45) is 0 Å². The van der Waals surface area contributed by atoms with Crippen LogP contribution in [0.25, 0.3) is 0 Å². The predicted octanol–water partition coefficient (Wildman–Crippen LogP) is 0.926. The van der Waals surface area contributed by atoms with Crippen LogP contribution in [0.2, 0.25) is 0 Å². The number of hydrogen-bond acceptors (Lipinski definition) is 3. The van der Waals surface area contributed by atoms with Gasteiger partial charge in [-0.15, -0.1) is 0 Å². The first-order valence-electron chi connectivity index (χ1n) is 2.92. The Morgan fingerprint density at radius 2 is 2.20 bits per heavy atom. The molecule has 0 fully saturated rings. The van der Waals surface area contributed by atoms with E-state index in [-0.39, 0.29) is 6.29 Å². The molecule has 1 aliphatic heterocycles. The van der Waals surface area contributed by atoms with E-state index in [9.17, 15) is 0 Å². The first kappa shape index (κ1) is 5.34. The second kappa shape index (κ2) is 2.06. The first-order chi connectivity index (χ1) is 4.97. The molecule has 4 heteroatoms. The van der Waals surface area contributed by atoms with Crippen LogP contribution in [-0.2, 0) is 9.47 Å². The number of aromatic amines is 1. The highest BCUT2D eigenvalue weighted by Crippen LogP contribution is 2.19. The van der Waals surface area contributed by atoms with E-state index in [4.69, 9.17) is 9.47 Å². The molecule has 10 heavy (non-hydrogen) atoms. The Bertz CT molecular complexity index is 222. The molecule has 52 valence electrons. The van der Waals surface area contributed by atoms with Gasteiger partial charge in [0.15, 0.2) is 5.82 Å². The summed E-state index contributed by atoms with van der Waals surface area (Å²) in [7, 11) is 0. The maximum atomic E-state index is 5.00. The molecule has 1 aromatic heterocycles. The zero-order valence-corrected chi connectivity index (χ0v) is 5.15. The van der Waals surface area contributed by atoms with E-state index in [1.54, 1.807) is 12.4 Å². The van der Waals surface area contributed by atoms with Gasteiger partial charge in [0.1, 0.15) is 12.5 Å². The highest BCUT2D eigenvalue weighted by Gasteiger charge is 2.16. The normalized spacial score (nSPS) is 16.8. The molecule has 4 nitrogen and oxygen atoms in total. The van der Waals surface area contributed by atoms with Gasteiger partial charge in [0.05, 0.1) is 0 Å². The Balaban J connectivity index is 2.14. The monoisotopic (exact) mass is 138 g/mol. The SMILES string of the molecule is C1=COC(c2ncc[nH]2)O1. The van der Waals surface area contributed by atoms with Gasteiger partial charge in [-0.2, -0.15) is 0 Å². The molecule has 1 aliphatic rings. The van der Waals surface area contributed by atoms with E-state index < -0.39 is 0 Å². The molecular formula is C6H6N2O2. The standard InChI is InChI=1S/C6H6N2O2/c1-2-8-5(7-1)6-9-3-4-10-6/h1-4,6H,(H,7,8). The van der Waals surface area contributed by atoms with Gasteiger partial charge in [-0.3, -0.25) is 0 Å². The third-order valence-electron chi connectivity index (χ3n) is 1.20. The summed E-state index contributed by atoms with van der Waals surface area (Å²) in [4.78, 5) is 6.83. The van der Waals surface area contributed by atoms with Crippen molar-refractivity contribution in [3.05, 3.63) is 30.7 Å². The molecular weight excluding hydrogens is 132 g/mol. The number of aromatic nitrogens is 2. The molecule has 2 heterocycles. The van der Waals surface area contributed by atoms with E-state index >= 15 is 0 Å². The molecule has 1 N–H and O–H groups in total. The maximum Gasteiger partial charge on any atom is 0.299 e. The highest BCUT2D eigenvalue weighted by molar-refractivity contribution is 4.92. The summed E-state index contributed by atoms with van der Waals surface area (Å²) in [6.07, 6.45) is 5.98. The van der Waals surface area contributed by atoms with Gasteiger partial charge < -0.3 is 14.5 Å². The smallest absolute Gasteiger partial charge is 0.299 e. The van der Waals surface area contributed by atoms with Crippen molar-refractivity contribution < 1.29 is 9.47 Å². The molecule has 0 unspecified atom stereocenters. The van der Waals surface area contributed by atoms with Crippen molar-refractivity contribution in [2.75, 3.05) is 0 Å². The summed E-state index contributed by atoms with van der Waals surface area (Å²) in [6, 6.07) is 0. The van der Waals surface area contributed by atoms with Crippen LogP contribution in [0.3, 0.4) is 0 Å². The molecule has 0 aliphatic carbocycles. The van der Waals surface area contributed by atoms with Crippen LogP contribution < -0.4 is 0 Å². The van der Waals surface area contributed by atoms with Gasteiger partial charge in [-0.05, 0) is 0 Å². The van der Waals surface area contributed by atoms with Gasteiger partial charge >= 0.3 is 0 Å². The Morgan fingerprint density at radius 1 is 1.40 bits per heavy atom. The van der Waals surface area contributed by atoms with Crippen LogP contribution in [0.1, 0.15) is 12.1 Å². The molecule has 1 aromatic rings. The van der Waals surface area contributed by atoms with E-state index in [1.807, 2.05) is 0 Å². The van der Waals surface area contributed by atoms with Crippen molar-refractivity contribution in [3.63, 3.8) is 0 Å². The summed E-state index contributed by atoms with van der Waals surface area (Å²) in [5.74, 6) is 0.685. The Labute approximate surface area is 57.5 Å². The third-order valence-corrected chi connectivity index (χ3v) is 1.20. The molecule has 0 atom stereocenters. The summed E-state index contributed by atoms with van der Waals surface area (Å²) in [6.45, 7) is 0. The Hall–Kier alpha value is -1.45. The van der Waals surface area contributed by atoms with Gasteiger partial charge in [0.25, 0.3) is 6.29 Å². The summed E-state index contributed by atoms with van der Waals surface area (Å²) in [5.41, 5.74) is 0. The fraction of sp³-hybridized carbons (Fsp3) is 0.167. The quantitative estimate of drug-likeness (QED) is 0.627. The average Bonchev–Trinajstić information content (AvgIpc) is 2.59. The first-order valence-corrected chi connectivity index (χ1v) is 2.92. The summed E-state index contributed by atoms with van der Waals surface area (Å²) in [5, 5.41) is 0. The largest absolute Gasteiger partial charge is 0.452 e. The van der Waals surface area contributed by atoms with Crippen LogP contribution in [0.15, 0.2) is 24.9 Å². The summed E-state index contributed by atoms with van der Waals surface area (Å²) >= 11 is 0. The number of nitrogens with one attached hydrogen (secondary N) is 1. The van der Waals surface area contributed by atoms with E-state index in [0.717, 1.165) is 0 Å². The van der Waals surface area contributed by atoms with Crippen LogP contribution in [0, 0.1) is 0 Å². The molecule has 0 saturated carbocycles. The average molecular weight is 138 g/mol. The number of ether oxygens (including phenoxy) is 2. The second-order valence-corrected chi connectivity index (χ2v) is 1.85. The minimum atomic E-state index is -0.380. The number of rotatable bonds is 1. The number of nitrogens with zero attached hydrogens (tertiary/aromatic N) is 1. The zero-order valence-electron chi connectivity index (χ0n) is 5.15. The van der Waals surface area contributed by atoms with Crippen molar-refractivity contribution in [1.29, 1.82) is 0 Å². The van der Waals surface area contributed by atoms with Crippen LogP contribution >= 0.6 is 0 Å². The molecule has 0 radical (unpaired) electrons. The lowest BCUT2D eigenvalue weighted by Gasteiger charge is -2.04. The lowest BCUT2D eigenvalue weighted by molar-refractivity contribution is -0.0309. The third kappa shape index (κ3) is 0.737. The molecule has 0 spiro atoms. The Kier molecular flexibility index (Phi) is 1.10. The molecule has 0 bridgehead atoms. The maximum absolute atomic E-state index is 5.00. The highest BCUT2D eigenvalue weighted by atomic mass is 16.7. The van der Waals surface area contributed by atoms with Gasteiger partial charge in [-0.1, -0.05) is 0 Å².